The summed E-state index contributed by atoms with van der Waals surface area (Å²) in [6.07, 6.45) is 2.34. The summed E-state index contributed by atoms with van der Waals surface area (Å²) in [7, 11) is 0. The fourth-order valence-electron chi connectivity index (χ4n) is 1.28. The van der Waals surface area contributed by atoms with E-state index in [4.69, 9.17) is 0 Å². The van der Waals surface area contributed by atoms with Crippen LogP contribution in [0.15, 0.2) is 4.99 Å². The van der Waals surface area contributed by atoms with Crippen molar-refractivity contribution in [3.05, 3.63) is 0 Å². The fourth-order valence-corrected chi connectivity index (χ4v) is 1.28. The SMILES string of the molecule is CCCNCCN=C(C)CC(C)C. The minimum absolute atomic E-state index is 0.729. The largest absolute Gasteiger partial charge is 0.315 e. The highest BCUT2D eigenvalue weighted by Crippen LogP contribution is 2.00. The summed E-state index contributed by atoms with van der Waals surface area (Å²) in [5.74, 6) is 0.729. The van der Waals surface area contributed by atoms with E-state index < -0.39 is 0 Å². The Hall–Kier alpha value is -0.370. The first-order valence-electron chi connectivity index (χ1n) is 5.37. The second-order valence-corrected chi connectivity index (χ2v) is 3.96. The van der Waals surface area contributed by atoms with Gasteiger partial charge < -0.3 is 5.32 Å². The summed E-state index contributed by atoms with van der Waals surface area (Å²) < 4.78 is 0. The molecule has 2 nitrogen and oxygen atoms in total. The third-order valence-corrected chi connectivity index (χ3v) is 1.80. The van der Waals surface area contributed by atoms with Crippen molar-refractivity contribution < 1.29 is 0 Å². The van der Waals surface area contributed by atoms with Gasteiger partial charge in [0.1, 0.15) is 0 Å². The van der Waals surface area contributed by atoms with Crippen LogP contribution in [0.5, 0.6) is 0 Å². The highest BCUT2D eigenvalue weighted by molar-refractivity contribution is 5.82. The Balaban J connectivity index is 3.36. The van der Waals surface area contributed by atoms with Crippen LogP contribution in [-0.4, -0.2) is 25.3 Å². The monoisotopic (exact) mass is 184 g/mol. The summed E-state index contributed by atoms with van der Waals surface area (Å²) in [6.45, 7) is 11.8. The molecule has 0 fully saturated rings. The molecule has 0 aliphatic carbocycles. The van der Waals surface area contributed by atoms with E-state index in [0.717, 1.165) is 32.0 Å². The molecule has 0 radical (unpaired) electrons. The fraction of sp³-hybridized carbons (Fsp3) is 0.909. The zero-order valence-electron chi connectivity index (χ0n) is 9.56. The number of hydrogen-bond acceptors (Lipinski definition) is 2. The summed E-state index contributed by atoms with van der Waals surface area (Å²) >= 11 is 0. The van der Waals surface area contributed by atoms with Gasteiger partial charge in [0.05, 0.1) is 6.54 Å². The second kappa shape index (κ2) is 8.24. The smallest absolute Gasteiger partial charge is 0.0513 e. The summed E-state index contributed by atoms with van der Waals surface area (Å²) in [5.41, 5.74) is 1.29. The van der Waals surface area contributed by atoms with Gasteiger partial charge in [-0.3, -0.25) is 4.99 Å². The van der Waals surface area contributed by atoms with Crippen molar-refractivity contribution in [1.29, 1.82) is 0 Å². The maximum atomic E-state index is 4.49. The van der Waals surface area contributed by atoms with Crippen LogP contribution < -0.4 is 5.32 Å². The van der Waals surface area contributed by atoms with Gasteiger partial charge in [-0.2, -0.15) is 0 Å². The van der Waals surface area contributed by atoms with E-state index in [0.29, 0.717) is 0 Å². The molecule has 1 N–H and O–H groups in total. The molecule has 0 unspecified atom stereocenters. The van der Waals surface area contributed by atoms with Gasteiger partial charge in [-0.05, 0) is 32.2 Å². The number of aliphatic imine (C=N–C) groups is 1. The molecule has 13 heavy (non-hydrogen) atoms. The van der Waals surface area contributed by atoms with Crippen molar-refractivity contribution in [3.8, 4) is 0 Å². The number of rotatable bonds is 7. The van der Waals surface area contributed by atoms with Gasteiger partial charge >= 0.3 is 0 Å². The van der Waals surface area contributed by atoms with E-state index in [1.807, 2.05) is 0 Å². The average molecular weight is 184 g/mol. The van der Waals surface area contributed by atoms with Gasteiger partial charge in [0.25, 0.3) is 0 Å². The van der Waals surface area contributed by atoms with E-state index in [2.05, 4.69) is 38.0 Å². The van der Waals surface area contributed by atoms with Crippen molar-refractivity contribution in [2.45, 2.75) is 40.5 Å². The maximum Gasteiger partial charge on any atom is 0.0513 e. The third kappa shape index (κ3) is 9.54. The van der Waals surface area contributed by atoms with Crippen molar-refractivity contribution in [2.24, 2.45) is 10.9 Å². The van der Waals surface area contributed by atoms with Gasteiger partial charge in [0, 0.05) is 12.3 Å². The van der Waals surface area contributed by atoms with Crippen molar-refractivity contribution in [1.82, 2.24) is 5.32 Å². The van der Waals surface area contributed by atoms with Crippen LogP contribution in [0.25, 0.3) is 0 Å². The van der Waals surface area contributed by atoms with Gasteiger partial charge in [-0.1, -0.05) is 20.8 Å². The van der Waals surface area contributed by atoms with Crippen LogP contribution in [0.4, 0.5) is 0 Å². The number of hydrogen-bond donors (Lipinski definition) is 1. The molecule has 0 aromatic rings. The Labute approximate surface area is 82.8 Å². The molecule has 0 saturated carbocycles. The van der Waals surface area contributed by atoms with Crippen LogP contribution >= 0.6 is 0 Å². The predicted octanol–water partition coefficient (Wildman–Crippen LogP) is 2.49. The molecule has 0 aliphatic heterocycles. The van der Waals surface area contributed by atoms with E-state index >= 15 is 0 Å². The highest BCUT2D eigenvalue weighted by atomic mass is 14.9. The minimum atomic E-state index is 0.729. The van der Waals surface area contributed by atoms with E-state index in [-0.39, 0.29) is 0 Å². The van der Waals surface area contributed by atoms with Crippen molar-refractivity contribution >= 4 is 5.71 Å². The Bertz CT molecular complexity index is 139. The zero-order valence-corrected chi connectivity index (χ0v) is 9.56. The standard InChI is InChI=1S/C11H24N2/c1-5-6-12-7-8-13-11(4)9-10(2)3/h10,12H,5-9H2,1-4H3. The topological polar surface area (TPSA) is 24.4 Å². The van der Waals surface area contributed by atoms with Crippen molar-refractivity contribution in [2.75, 3.05) is 19.6 Å². The normalized spacial score (nSPS) is 12.5. The van der Waals surface area contributed by atoms with E-state index in [9.17, 15) is 0 Å². The lowest BCUT2D eigenvalue weighted by atomic mass is 10.1. The van der Waals surface area contributed by atoms with Gasteiger partial charge in [-0.15, -0.1) is 0 Å². The quantitative estimate of drug-likeness (QED) is 0.477. The first-order valence-corrected chi connectivity index (χ1v) is 5.37. The molecule has 0 aromatic heterocycles. The molecule has 0 saturated heterocycles. The Morgan fingerprint density at radius 3 is 2.54 bits per heavy atom. The van der Waals surface area contributed by atoms with Gasteiger partial charge in [0.15, 0.2) is 0 Å². The van der Waals surface area contributed by atoms with Crippen LogP contribution in [0.2, 0.25) is 0 Å². The number of nitrogens with zero attached hydrogens (tertiary/aromatic N) is 1. The Kier molecular flexibility index (Phi) is 8.00. The molecular formula is C11H24N2. The molecule has 0 aromatic carbocycles. The molecule has 0 amide bonds. The van der Waals surface area contributed by atoms with Gasteiger partial charge in [-0.25, -0.2) is 0 Å². The van der Waals surface area contributed by atoms with Crippen LogP contribution in [0, 0.1) is 5.92 Å². The van der Waals surface area contributed by atoms with Gasteiger partial charge in [0.2, 0.25) is 0 Å². The third-order valence-electron chi connectivity index (χ3n) is 1.80. The van der Waals surface area contributed by atoms with Crippen molar-refractivity contribution in [3.63, 3.8) is 0 Å². The van der Waals surface area contributed by atoms with Crippen LogP contribution in [0.1, 0.15) is 40.5 Å². The number of nitrogens with one attached hydrogen (secondary N) is 1. The Morgan fingerprint density at radius 1 is 1.31 bits per heavy atom. The maximum absolute atomic E-state index is 4.49. The predicted molar refractivity (Wildman–Crippen MR) is 60.6 cm³/mol. The molecule has 0 spiro atoms. The molecule has 0 bridgehead atoms. The van der Waals surface area contributed by atoms with E-state index in [1.165, 1.54) is 12.1 Å². The highest BCUT2D eigenvalue weighted by Gasteiger charge is 1.95. The lowest BCUT2D eigenvalue weighted by Gasteiger charge is -2.04. The first kappa shape index (κ1) is 12.6. The van der Waals surface area contributed by atoms with Crippen LogP contribution in [-0.2, 0) is 0 Å². The molecule has 0 atom stereocenters. The minimum Gasteiger partial charge on any atom is -0.315 e. The summed E-state index contributed by atoms with van der Waals surface area (Å²) in [5, 5.41) is 3.34. The molecule has 0 aliphatic rings. The second-order valence-electron chi connectivity index (χ2n) is 3.96. The van der Waals surface area contributed by atoms with E-state index in [1.54, 1.807) is 0 Å². The van der Waals surface area contributed by atoms with Crippen LogP contribution in [0.3, 0.4) is 0 Å². The zero-order chi connectivity index (χ0) is 10.1. The summed E-state index contributed by atoms with van der Waals surface area (Å²) in [6, 6.07) is 0. The first-order chi connectivity index (χ1) is 6.16. The Morgan fingerprint density at radius 2 is 2.00 bits per heavy atom. The molecule has 2 heteroatoms. The molecule has 0 heterocycles. The lowest BCUT2D eigenvalue weighted by molar-refractivity contribution is 0.665. The molecule has 78 valence electrons. The molecular weight excluding hydrogens is 160 g/mol. The molecule has 0 rings (SSSR count). The summed E-state index contributed by atoms with van der Waals surface area (Å²) in [4.78, 5) is 4.49. The average Bonchev–Trinajstić information content (AvgIpc) is 2.02. The lowest BCUT2D eigenvalue weighted by Crippen LogP contribution is -2.18.